The van der Waals surface area contributed by atoms with Crippen molar-refractivity contribution in [1.29, 1.82) is 0 Å². The lowest BCUT2D eigenvalue weighted by Gasteiger charge is -2.23. The van der Waals surface area contributed by atoms with Gasteiger partial charge >= 0.3 is 0 Å². The summed E-state index contributed by atoms with van der Waals surface area (Å²) in [5.74, 6) is 0.667. The molecule has 0 fully saturated rings. The van der Waals surface area contributed by atoms with Crippen LogP contribution < -0.4 is 0 Å². The summed E-state index contributed by atoms with van der Waals surface area (Å²) in [5.41, 5.74) is 5.19. The summed E-state index contributed by atoms with van der Waals surface area (Å²) < 4.78 is 4.14. The van der Waals surface area contributed by atoms with Crippen LogP contribution in [0, 0.1) is 12.8 Å². The van der Waals surface area contributed by atoms with Crippen LogP contribution in [0.4, 0.5) is 0 Å². The molecule has 0 N–H and O–H groups in total. The van der Waals surface area contributed by atoms with E-state index >= 15 is 0 Å². The normalized spacial score (nSPS) is 12.7. The predicted octanol–water partition coefficient (Wildman–Crippen LogP) is 10.3. The second-order valence-corrected chi connectivity index (χ2v) is 13.4. The van der Waals surface area contributed by atoms with Crippen LogP contribution in [0.5, 0.6) is 0 Å². The van der Waals surface area contributed by atoms with Crippen molar-refractivity contribution < 1.29 is 0 Å². The monoisotopic (exact) mass is 493 g/mol. The Bertz CT molecular complexity index is 1740. The number of hydrogen-bond acceptors (Lipinski definition) is 3. The maximum absolute atomic E-state index is 4.99. The Labute approximate surface area is 215 Å². The van der Waals surface area contributed by atoms with Crippen molar-refractivity contribution in [3.8, 4) is 11.3 Å². The fourth-order valence-corrected chi connectivity index (χ4v) is 8.21. The minimum atomic E-state index is 0.0486. The number of thiophene rings is 2. The van der Waals surface area contributed by atoms with Gasteiger partial charge in [0.05, 0.1) is 5.69 Å². The van der Waals surface area contributed by atoms with Gasteiger partial charge in [-0.2, -0.15) is 0 Å². The van der Waals surface area contributed by atoms with E-state index in [1.807, 2.05) is 28.9 Å². The molecule has 0 amide bonds. The molecule has 6 aromatic rings. The minimum absolute atomic E-state index is 0.0486. The predicted molar refractivity (Wildman–Crippen MR) is 157 cm³/mol. The molecule has 35 heavy (non-hydrogen) atoms. The highest BCUT2D eigenvalue weighted by Gasteiger charge is 2.21. The summed E-state index contributed by atoms with van der Waals surface area (Å²) in [7, 11) is 0. The van der Waals surface area contributed by atoms with Crippen molar-refractivity contribution in [2.24, 2.45) is 5.92 Å². The molecular weight excluding hydrogens is 462 g/mol. The highest BCUT2D eigenvalue weighted by atomic mass is 32.1. The summed E-state index contributed by atoms with van der Waals surface area (Å²) in [6.45, 7) is 13.9. The Morgan fingerprint density at radius 2 is 1.63 bits per heavy atom. The van der Waals surface area contributed by atoms with Crippen LogP contribution in [0.2, 0.25) is 0 Å². The summed E-state index contributed by atoms with van der Waals surface area (Å²) in [4.78, 5) is 6.52. The molecule has 0 saturated carbocycles. The fraction of sp³-hybridized carbons (Fsp3) is 0.281. The van der Waals surface area contributed by atoms with Gasteiger partial charge in [-0.3, -0.25) is 4.98 Å². The van der Waals surface area contributed by atoms with Gasteiger partial charge in [0.15, 0.2) is 0 Å². The van der Waals surface area contributed by atoms with Gasteiger partial charge in [-0.1, -0.05) is 65.0 Å². The van der Waals surface area contributed by atoms with Crippen molar-refractivity contribution in [3.63, 3.8) is 0 Å². The number of aromatic nitrogens is 1. The third kappa shape index (κ3) is 3.68. The van der Waals surface area contributed by atoms with Crippen molar-refractivity contribution in [2.45, 2.75) is 53.4 Å². The largest absolute Gasteiger partial charge is 0.256 e. The third-order valence-corrected chi connectivity index (χ3v) is 9.54. The molecular formula is C32H31NS2. The van der Waals surface area contributed by atoms with E-state index in [1.54, 1.807) is 0 Å². The highest BCUT2D eigenvalue weighted by Crippen LogP contribution is 2.46. The molecule has 0 aliphatic heterocycles. The number of benzene rings is 3. The standard InChI is InChI=1S/C32H31NS2/c1-18(2)15-27-19(3)28-25(34-27)12-11-23-29-26(35-31(23)28)13-14-33-30(29)21-16-20-9-7-8-10-22(20)24(17-21)32(4,5)6/h7-14,16-18H,15H2,1-6H3. The van der Waals surface area contributed by atoms with E-state index in [0.29, 0.717) is 5.92 Å². The molecule has 0 atom stereocenters. The fourth-order valence-electron chi connectivity index (χ4n) is 5.41. The molecule has 1 nitrogen and oxygen atoms in total. The number of fused-ring (bicyclic) bond motifs is 6. The number of rotatable bonds is 3. The molecule has 0 unspecified atom stereocenters. The molecule has 0 bridgehead atoms. The zero-order valence-electron chi connectivity index (χ0n) is 21.3. The maximum atomic E-state index is 4.99. The first-order chi connectivity index (χ1) is 16.7. The Morgan fingerprint density at radius 1 is 0.857 bits per heavy atom. The number of pyridine rings is 1. The zero-order valence-corrected chi connectivity index (χ0v) is 23.0. The van der Waals surface area contributed by atoms with Crippen LogP contribution in [0.15, 0.2) is 60.8 Å². The van der Waals surface area contributed by atoms with E-state index in [-0.39, 0.29) is 5.41 Å². The maximum Gasteiger partial charge on any atom is 0.0795 e. The Hall–Kier alpha value is -2.75. The van der Waals surface area contributed by atoms with Gasteiger partial charge in [0.25, 0.3) is 0 Å². The molecule has 3 heteroatoms. The molecule has 176 valence electrons. The van der Waals surface area contributed by atoms with E-state index in [9.17, 15) is 0 Å². The average molecular weight is 494 g/mol. The van der Waals surface area contributed by atoms with Crippen LogP contribution in [0.1, 0.15) is 50.6 Å². The molecule has 0 aliphatic carbocycles. The van der Waals surface area contributed by atoms with Gasteiger partial charge in [-0.05, 0) is 70.8 Å². The minimum Gasteiger partial charge on any atom is -0.256 e. The first-order valence-electron chi connectivity index (χ1n) is 12.5. The van der Waals surface area contributed by atoms with Crippen LogP contribution >= 0.6 is 22.7 Å². The first kappa shape index (κ1) is 22.7. The van der Waals surface area contributed by atoms with E-state index < -0.39 is 0 Å². The van der Waals surface area contributed by atoms with Gasteiger partial charge in [0.2, 0.25) is 0 Å². The lowest BCUT2D eigenvalue weighted by atomic mass is 9.82. The summed E-state index contributed by atoms with van der Waals surface area (Å²) in [5, 5.41) is 6.69. The highest BCUT2D eigenvalue weighted by molar-refractivity contribution is 7.28. The van der Waals surface area contributed by atoms with E-state index in [1.165, 1.54) is 62.6 Å². The van der Waals surface area contributed by atoms with Crippen molar-refractivity contribution in [2.75, 3.05) is 0 Å². The summed E-state index contributed by atoms with van der Waals surface area (Å²) in [6, 6.07) is 20.3. The number of aryl methyl sites for hydroxylation is 1. The average Bonchev–Trinajstić information content (AvgIpc) is 3.34. The molecule has 3 aromatic carbocycles. The van der Waals surface area contributed by atoms with Gasteiger partial charge < -0.3 is 0 Å². The van der Waals surface area contributed by atoms with Gasteiger partial charge in [0, 0.05) is 46.9 Å². The van der Waals surface area contributed by atoms with Gasteiger partial charge in [0.1, 0.15) is 0 Å². The molecule has 0 aliphatic rings. The first-order valence-corrected chi connectivity index (χ1v) is 14.1. The van der Waals surface area contributed by atoms with Crippen molar-refractivity contribution in [1.82, 2.24) is 4.98 Å². The molecule has 0 saturated heterocycles. The Balaban J connectivity index is 1.66. The SMILES string of the molecule is Cc1c(CC(C)C)sc2ccc3c(sc4ccnc(-c5cc(C(C)(C)C)c6ccccc6c5)c43)c12. The van der Waals surface area contributed by atoms with E-state index in [4.69, 9.17) is 4.98 Å². The smallest absolute Gasteiger partial charge is 0.0795 e. The Kier molecular flexibility index (Phi) is 5.28. The Morgan fingerprint density at radius 3 is 2.40 bits per heavy atom. The van der Waals surface area contributed by atoms with Crippen LogP contribution in [-0.4, -0.2) is 4.98 Å². The quantitative estimate of drug-likeness (QED) is 0.239. The van der Waals surface area contributed by atoms with Crippen LogP contribution in [0.3, 0.4) is 0 Å². The number of nitrogens with zero attached hydrogens (tertiary/aromatic N) is 1. The lowest BCUT2D eigenvalue weighted by molar-refractivity contribution is 0.596. The van der Waals surface area contributed by atoms with Crippen LogP contribution in [-0.2, 0) is 11.8 Å². The molecule has 0 radical (unpaired) electrons. The molecule has 3 heterocycles. The topological polar surface area (TPSA) is 12.9 Å². The van der Waals surface area contributed by atoms with E-state index in [2.05, 4.69) is 96.1 Å². The van der Waals surface area contributed by atoms with E-state index in [0.717, 1.165) is 12.1 Å². The summed E-state index contributed by atoms with van der Waals surface area (Å²) >= 11 is 3.90. The molecule has 6 rings (SSSR count). The van der Waals surface area contributed by atoms with Crippen molar-refractivity contribution >= 4 is 63.7 Å². The van der Waals surface area contributed by atoms with Crippen LogP contribution in [0.25, 0.3) is 52.3 Å². The lowest BCUT2D eigenvalue weighted by Crippen LogP contribution is -2.12. The second kappa shape index (κ2) is 8.15. The van der Waals surface area contributed by atoms with Gasteiger partial charge in [-0.15, -0.1) is 22.7 Å². The second-order valence-electron chi connectivity index (χ2n) is 11.2. The number of hydrogen-bond donors (Lipinski definition) is 0. The van der Waals surface area contributed by atoms with Gasteiger partial charge in [-0.25, -0.2) is 0 Å². The third-order valence-electron chi connectivity index (χ3n) is 7.08. The molecule has 0 spiro atoms. The molecule has 3 aromatic heterocycles. The summed E-state index contributed by atoms with van der Waals surface area (Å²) in [6.07, 6.45) is 3.14. The van der Waals surface area contributed by atoms with Crippen molar-refractivity contribution in [3.05, 3.63) is 76.8 Å². The zero-order chi connectivity index (χ0) is 24.5.